The summed E-state index contributed by atoms with van der Waals surface area (Å²) in [5.74, 6) is 0.101. The Labute approximate surface area is 203 Å². The standard InChI is InChI=1S/C30H60O2/c1-4-6-8-10-12-13-14-15-16-17-18-19-20-22-24-26-28-32-30(31)29(3)27-25-23-21-11-9-7-5-2/h29H,4-28H2,1-3H3. The second kappa shape index (κ2) is 26.7. The molecule has 0 N–H and O–H groups in total. The van der Waals surface area contributed by atoms with Crippen LogP contribution in [0.25, 0.3) is 0 Å². The molecule has 0 spiro atoms. The number of rotatable bonds is 26. The fourth-order valence-electron chi connectivity index (χ4n) is 4.49. The van der Waals surface area contributed by atoms with E-state index in [2.05, 4.69) is 13.8 Å². The molecule has 2 nitrogen and oxygen atoms in total. The maximum atomic E-state index is 12.1. The molecule has 1 unspecified atom stereocenters. The number of esters is 1. The summed E-state index contributed by atoms with van der Waals surface area (Å²) in [6.07, 6.45) is 32.1. The smallest absolute Gasteiger partial charge is 0.308 e. The minimum Gasteiger partial charge on any atom is -0.465 e. The van der Waals surface area contributed by atoms with Gasteiger partial charge in [0, 0.05) is 0 Å². The summed E-state index contributed by atoms with van der Waals surface area (Å²) in [6, 6.07) is 0. The zero-order valence-corrected chi connectivity index (χ0v) is 22.6. The van der Waals surface area contributed by atoms with Crippen LogP contribution < -0.4 is 0 Å². The molecule has 0 aliphatic heterocycles. The summed E-state index contributed by atoms with van der Waals surface area (Å²) in [6.45, 7) is 7.20. The number of hydrogen-bond donors (Lipinski definition) is 0. The van der Waals surface area contributed by atoms with Crippen molar-refractivity contribution >= 4 is 5.97 Å². The van der Waals surface area contributed by atoms with E-state index in [9.17, 15) is 4.79 Å². The Kier molecular flexibility index (Phi) is 26.3. The molecule has 0 aromatic rings. The van der Waals surface area contributed by atoms with E-state index in [0.29, 0.717) is 6.61 Å². The third-order valence-electron chi connectivity index (χ3n) is 6.89. The van der Waals surface area contributed by atoms with Crippen molar-refractivity contribution in [2.45, 2.75) is 175 Å². The maximum Gasteiger partial charge on any atom is 0.308 e. The van der Waals surface area contributed by atoms with Crippen LogP contribution >= 0.6 is 0 Å². The van der Waals surface area contributed by atoms with Crippen LogP contribution in [0.15, 0.2) is 0 Å². The predicted molar refractivity (Wildman–Crippen MR) is 142 cm³/mol. The van der Waals surface area contributed by atoms with Crippen molar-refractivity contribution in [3.8, 4) is 0 Å². The SMILES string of the molecule is CCCCCCCCCCCCCCCCCCOC(=O)C(C)CCCCCCCCC. The average molecular weight is 453 g/mol. The summed E-state index contributed by atoms with van der Waals surface area (Å²) >= 11 is 0. The molecule has 192 valence electrons. The zero-order chi connectivity index (χ0) is 23.5. The summed E-state index contributed by atoms with van der Waals surface area (Å²) in [4.78, 5) is 12.1. The first-order valence-electron chi connectivity index (χ1n) is 14.9. The van der Waals surface area contributed by atoms with Gasteiger partial charge in [-0.25, -0.2) is 0 Å². The van der Waals surface area contributed by atoms with Crippen LogP contribution in [0.2, 0.25) is 0 Å². The number of hydrogen-bond acceptors (Lipinski definition) is 2. The normalized spacial score (nSPS) is 12.2. The largest absolute Gasteiger partial charge is 0.465 e. The molecule has 0 radical (unpaired) electrons. The highest BCUT2D eigenvalue weighted by Gasteiger charge is 2.13. The van der Waals surface area contributed by atoms with Crippen molar-refractivity contribution in [1.29, 1.82) is 0 Å². The number of unbranched alkanes of at least 4 members (excludes halogenated alkanes) is 21. The van der Waals surface area contributed by atoms with E-state index in [1.54, 1.807) is 0 Å². The Morgan fingerprint density at radius 1 is 0.500 bits per heavy atom. The Morgan fingerprint density at radius 3 is 1.19 bits per heavy atom. The van der Waals surface area contributed by atoms with Crippen LogP contribution in [-0.2, 0) is 9.53 Å². The van der Waals surface area contributed by atoms with E-state index in [1.165, 1.54) is 141 Å². The van der Waals surface area contributed by atoms with Gasteiger partial charge >= 0.3 is 5.97 Å². The highest BCUT2D eigenvalue weighted by Crippen LogP contribution is 2.15. The van der Waals surface area contributed by atoms with E-state index in [1.807, 2.05) is 6.92 Å². The van der Waals surface area contributed by atoms with Crippen molar-refractivity contribution in [2.24, 2.45) is 5.92 Å². The summed E-state index contributed by atoms with van der Waals surface area (Å²) in [5.41, 5.74) is 0. The van der Waals surface area contributed by atoms with Crippen molar-refractivity contribution < 1.29 is 9.53 Å². The summed E-state index contributed by atoms with van der Waals surface area (Å²) in [7, 11) is 0. The van der Waals surface area contributed by atoms with Crippen LogP contribution in [0.1, 0.15) is 175 Å². The Balaban J connectivity index is 3.24. The highest BCUT2D eigenvalue weighted by molar-refractivity contribution is 5.71. The molecule has 0 aliphatic rings. The lowest BCUT2D eigenvalue weighted by molar-refractivity contribution is -0.148. The monoisotopic (exact) mass is 452 g/mol. The molecule has 0 aromatic carbocycles. The third kappa shape index (κ3) is 24.1. The number of ether oxygens (including phenoxy) is 1. The molecule has 1 atom stereocenters. The van der Waals surface area contributed by atoms with E-state index in [0.717, 1.165) is 12.8 Å². The number of carbonyl (C=O) groups is 1. The van der Waals surface area contributed by atoms with Crippen molar-refractivity contribution in [3.05, 3.63) is 0 Å². The van der Waals surface area contributed by atoms with Crippen molar-refractivity contribution in [1.82, 2.24) is 0 Å². The van der Waals surface area contributed by atoms with Crippen LogP contribution in [0.4, 0.5) is 0 Å². The molecule has 32 heavy (non-hydrogen) atoms. The summed E-state index contributed by atoms with van der Waals surface area (Å²) in [5, 5.41) is 0. The molecule has 0 bridgehead atoms. The zero-order valence-electron chi connectivity index (χ0n) is 22.6. The third-order valence-corrected chi connectivity index (χ3v) is 6.89. The predicted octanol–water partition coefficient (Wildman–Crippen LogP) is 10.6. The van der Waals surface area contributed by atoms with Gasteiger partial charge in [0.1, 0.15) is 0 Å². The fourth-order valence-corrected chi connectivity index (χ4v) is 4.49. The topological polar surface area (TPSA) is 26.3 Å². The Bertz CT molecular complexity index is 366. The first kappa shape index (κ1) is 31.5. The Hall–Kier alpha value is -0.530. The summed E-state index contributed by atoms with van der Waals surface area (Å²) < 4.78 is 5.49. The van der Waals surface area contributed by atoms with Gasteiger partial charge < -0.3 is 4.74 Å². The Morgan fingerprint density at radius 2 is 0.812 bits per heavy atom. The van der Waals surface area contributed by atoms with Gasteiger partial charge in [-0.05, 0) is 12.8 Å². The van der Waals surface area contributed by atoms with Crippen LogP contribution in [0, 0.1) is 5.92 Å². The van der Waals surface area contributed by atoms with Gasteiger partial charge in [-0.3, -0.25) is 4.79 Å². The second-order valence-corrected chi connectivity index (χ2v) is 10.3. The molecule has 0 fully saturated rings. The van der Waals surface area contributed by atoms with Gasteiger partial charge in [-0.15, -0.1) is 0 Å². The van der Waals surface area contributed by atoms with Crippen LogP contribution in [0.3, 0.4) is 0 Å². The molecule has 0 rings (SSSR count). The van der Waals surface area contributed by atoms with Crippen molar-refractivity contribution in [2.75, 3.05) is 6.61 Å². The number of carbonyl (C=O) groups excluding carboxylic acids is 1. The first-order chi connectivity index (χ1) is 15.7. The lowest BCUT2D eigenvalue weighted by Crippen LogP contribution is -2.15. The van der Waals surface area contributed by atoms with Crippen LogP contribution in [0.5, 0.6) is 0 Å². The van der Waals surface area contributed by atoms with Crippen molar-refractivity contribution in [3.63, 3.8) is 0 Å². The lowest BCUT2D eigenvalue weighted by atomic mass is 10.0. The lowest BCUT2D eigenvalue weighted by Gasteiger charge is -2.11. The second-order valence-electron chi connectivity index (χ2n) is 10.3. The van der Waals surface area contributed by atoms with Gasteiger partial charge in [-0.2, -0.15) is 0 Å². The van der Waals surface area contributed by atoms with Gasteiger partial charge in [0.05, 0.1) is 12.5 Å². The van der Waals surface area contributed by atoms with Crippen LogP contribution in [-0.4, -0.2) is 12.6 Å². The molecule has 2 heteroatoms. The van der Waals surface area contributed by atoms with Gasteiger partial charge in [0.25, 0.3) is 0 Å². The van der Waals surface area contributed by atoms with Gasteiger partial charge in [0.15, 0.2) is 0 Å². The minimum atomic E-state index is 0.0249. The van der Waals surface area contributed by atoms with E-state index in [-0.39, 0.29) is 11.9 Å². The quantitative estimate of drug-likeness (QED) is 0.0963. The molecule has 0 heterocycles. The van der Waals surface area contributed by atoms with E-state index < -0.39 is 0 Å². The maximum absolute atomic E-state index is 12.1. The molecule has 0 saturated heterocycles. The molecular formula is C30H60O2. The average Bonchev–Trinajstić information content (AvgIpc) is 2.80. The first-order valence-corrected chi connectivity index (χ1v) is 14.9. The molecular weight excluding hydrogens is 392 g/mol. The fraction of sp³-hybridized carbons (Fsp3) is 0.967. The molecule has 0 saturated carbocycles. The molecule has 0 amide bonds. The van der Waals surface area contributed by atoms with E-state index >= 15 is 0 Å². The minimum absolute atomic E-state index is 0.0249. The van der Waals surface area contributed by atoms with Gasteiger partial charge in [-0.1, -0.05) is 162 Å². The van der Waals surface area contributed by atoms with Gasteiger partial charge in [0.2, 0.25) is 0 Å². The highest BCUT2D eigenvalue weighted by atomic mass is 16.5. The molecule has 0 aromatic heterocycles. The van der Waals surface area contributed by atoms with E-state index in [4.69, 9.17) is 4.74 Å². The molecule has 0 aliphatic carbocycles.